The lowest BCUT2D eigenvalue weighted by Gasteiger charge is -2.12. The topological polar surface area (TPSA) is 109 Å². The van der Waals surface area contributed by atoms with Gasteiger partial charge in [-0.05, 0) is 42.0 Å². The Morgan fingerprint density at radius 2 is 1.60 bits per heavy atom. The summed E-state index contributed by atoms with van der Waals surface area (Å²) in [6.45, 7) is 0.321. The summed E-state index contributed by atoms with van der Waals surface area (Å²) in [5.41, 5.74) is 2.51. The molecule has 2 aromatic carbocycles. The van der Waals surface area contributed by atoms with Gasteiger partial charge in [0.1, 0.15) is 0 Å². The third-order valence-corrected chi connectivity index (χ3v) is 6.23. The molecule has 3 rings (SSSR count). The second-order valence-electron chi connectivity index (χ2n) is 6.97. The summed E-state index contributed by atoms with van der Waals surface area (Å²) in [5.74, 6) is -0.526. The molecule has 158 valence electrons. The minimum Gasteiger partial charge on any atom is -0.412 e. The zero-order valence-corrected chi connectivity index (χ0v) is 18.0. The first-order chi connectivity index (χ1) is 14.2. The molecule has 0 aliphatic heterocycles. The van der Waals surface area contributed by atoms with E-state index in [0.717, 1.165) is 15.6 Å². The van der Waals surface area contributed by atoms with Crippen molar-refractivity contribution >= 4 is 21.6 Å². The van der Waals surface area contributed by atoms with Crippen molar-refractivity contribution in [1.82, 2.24) is 19.8 Å². The minimum atomic E-state index is -3.53. The summed E-state index contributed by atoms with van der Waals surface area (Å²) >= 11 is 0. The molecule has 0 atom stereocenters. The number of nitrogens with zero attached hydrogens (tertiary/aromatic N) is 4. The predicted molar refractivity (Wildman–Crippen MR) is 113 cm³/mol. The molecule has 9 nitrogen and oxygen atoms in total. The highest BCUT2D eigenvalue weighted by atomic mass is 32.2. The van der Waals surface area contributed by atoms with Crippen molar-refractivity contribution in [3.8, 4) is 11.5 Å². The van der Waals surface area contributed by atoms with Gasteiger partial charge in [-0.15, -0.1) is 10.2 Å². The molecule has 0 spiro atoms. The van der Waals surface area contributed by atoms with Crippen molar-refractivity contribution in [1.29, 1.82) is 0 Å². The molecular weight excluding hydrogens is 406 g/mol. The summed E-state index contributed by atoms with van der Waals surface area (Å²) in [4.78, 5) is 14.4. The summed E-state index contributed by atoms with van der Waals surface area (Å²) in [6, 6.07) is 13.8. The van der Waals surface area contributed by atoms with Crippen LogP contribution in [0.4, 0.5) is 5.69 Å². The fraction of sp³-hybridized carbons (Fsp3) is 0.250. The van der Waals surface area contributed by atoms with Crippen LogP contribution in [-0.4, -0.2) is 57.0 Å². The first-order valence-electron chi connectivity index (χ1n) is 9.09. The molecule has 0 saturated heterocycles. The molecular formula is C20H23N5O4S. The van der Waals surface area contributed by atoms with Gasteiger partial charge in [-0.25, -0.2) is 12.7 Å². The van der Waals surface area contributed by atoms with Gasteiger partial charge in [0.25, 0.3) is 0 Å². The van der Waals surface area contributed by atoms with Crippen molar-refractivity contribution < 1.29 is 17.6 Å². The van der Waals surface area contributed by atoms with E-state index in [1.165, 1.54) is 26.2 Å². The average Bonchev–Trinajstić information content (AvgIpc) is 3.22. The molecule has 30 heavy (non-hydrogen) atoms. The van der Waals surface area contributed by atoms with Crippen LogP contribution in [0.2, 0.25) is 0 Å². The number of hydrogen-bond donors (Lipinski definition) is 1. The van der Waals surface area contributed by atoms with Crippen LogP contribution in [0.5, 0.6) is 0 Å². The van der Waals surface area contributed by atoms with E-state index >= 15 is 0 Å². The number of anilines is 1. The van der Waals surface area contributed by atoms with Crippen LogP contribution >= 0.6 is 0 Å². The van der Waals surface area contributed by atoms with Crippen molar-refractivity contribution in [2.75, 3.05) is 33.1 Å². The molecule has 0 unspecified atom stereocenters. The Morgan fingerprint density at radius 1 is 0.967 bits per heavy atom. The third-order valence-electron chi connectivity index (χ3n) is 4.40. The SMILES string of the molecule is CN(C)c1ccc(CNC(=O)c2nnc(-c3ccc(S(=O)(=O)N(C)C)cc3)o2)cc1. The molecule has 1 N–H and O–H groups in total. The van der Waals surface area contributed by atoms with E-state index in [4.69, 9.17) is 4.42 Å². The molecule has 0 aliphatic carbocycles. The quantitative estimate of drug-likeness (QED) is 0.612. The van der Waals surface area contributed by atoms with E-state index in [0.29, 0.717) is 12.1 Å². The summed E-state index contributed by atoms with van der Waals surface area (Å²) in [5, 5.41) is 10.4. The first-order valence-corrected chi connectivity index (χ1v) is 10.5. The van der Waals surface area contributed by atoms with E-state index in [-0.39, 0.29) is 16.7 Å². The molecule has 10 heteroatoms. The molecule has 0 radical (unpaired) electrons. The monoisotopic (exact) mass is 429 g/mol. The average molecular weight is 430 g/mol. The smallest absolute Gasteiger partial charge is 0.309 e. The second-order valence-corrected chi connectivity index (χ2v) is 9.12. The van der Waals surface area contributed by atoms with E-state index in [2.05, 4.69) is 15.5 Å². The van der Waals surface area contributed by atoms with Crippen LogP contribution in [0.1, 0.15) is 16.2 Å². The zero-order chi connectivity index (χ0) is 21.9. The van der Waals surface area contributed by atoms with Gasteiger partial charge < -0.3 is 14.6 Å². The van der Waals surface area contributed by atoms with Crippen LogP contribution in [0.15, 0.2) is 57.8 Å². The normalized spacial score (nSPS) is 11.5. The largest absolute Gasteiger partial charge is 0.412 e. The molecule has 0 aliphatic rings. The number of hydrogen-bond acceptors (Lipinski definition) is 7. The Labute approximate surface area is 175 Å². The van der Waals surface area contributed by atoms with E-state index < -0.39 is 15.9 Å². The fourth-order valence-electron chi connectivity index (χ4n) is 2.58. The lowest BCUT2D eigenvalue weighted by molar-refractivity contribution is 0.0917. The van der Waals surface area contributed by atoms with Crippen LogP contribution < -0.4 is 10.2 Å². The van der Waals surface area contributed by atoms with Gasteiger partial charge in [0.15, 0.2) is 0 Å². The van der Waals surface area contributed by atoms with E-state index in [1.807, 2.05) is 43.3 Å². The number of amides is 1. The van der Waals surface area contributed by atoms with Gasteiger partial charge in [0.05, 0.1) is 4.90 Å². The molecule has 0 fully saturated rings. The maximum atomic E-state index is 12.3. The van der Waals surface area contributed by atoms with Crippen LogP contribution in [-0.2, 0) is 16.6 Å². The summed E-state index contributed by atoms with van der Waals surface area (Å²) in [6.07, 6.45) is 0. The van der Waals surface area contributed by atoms with E-state index in [1.54, 1.807) is 12.1 Å². The summed E-state index contributed by atoms with van der Waals surface area (Å²) in [7, 11) is 3.31. The highest BCUT2D eigenvalue weighted by molar-refractivity contribution is 7.89. The van der Waals surface area contributed by atoms with Gasteiger partial charge in [-0.1, -0.05) is 12.1 Å². The molecule has 3 aromatic rings. The van der Waals surface area contributed by atoms with Crippen molar-refractivity contribution in [2.24, 2.45) is 0 Å². The van der Waals surface area contributed by atoms with Gasteiger partial charge in [0, 0.05) is 46.0 Å². The number of carbonyl (C=O) groups excluding carboxylic acids is 1. The molecule has 1 heterocycles. The molecule has 0 saturated carbocycles. The molecule has 1 amide bonds. The maximum absolute atomic E-state index is 12.3. The van der Waals surface area contributed by atoms with Gasteiger partial charge in [-0.2, -0.15) is 0 Å². The molecule has 1 aromatic heterocycles. The van der Waals surface area contributed by atoms with E-state index in [9.17, 15) is 13.2 Å². The van der Waals surface area contributed by atoms with Gasteiger partial charge >= 0.3 is 11.8 Å². The Balaban J connectivity index is 1.66. The molecule has 0 bridgehead atoms. The van der Waals surface area contributed by atoms with Crippen LogP contribution in [0, 0.1) is 0 Å². The number of nitrogens with one attached hydrogen (secondary N) is 1. The highest BCUT2D eigenvalue weighted by Crippen LogP contribution is 2.21. The number of benzene rings is 2. The minimum absolute atomic E-state index is 0.129. The van der Waals surface area contributed by atoms with Crippen LogP contribution in [0.25, 0.3) is 11.5 Å². The number of sulfonamides is 1. The second kappa shape index (κ2) is 8.64. The number of carbonyl (C=O) groups is 1. The highest BCUT2D eigenvalue weighted by Gasteiger charge is 2.19. The zero-order valence-electron chi connectivity index (χ0n) is 17.2. The Kier molecular flexibility index (Phi) is 6.18. The predicted octanol–water partition coefficient (Wildman–Crippen LogP) is 1.98. The van der Waals surface area contributed by atoms with Crippen molar-refractivity contribution in [2.45, 2.75) is 11.4 Å². The fourth-order valence-corrected chi connectivity index (χ4v) is 3.48. The Bertz CT molecular complexity index is 1120. The van der Waals surface area contributed by atoms with Crippen molar-refractivity contribution in [3.63, 3.8) is 0 Å². The van der Waals surface area contributed by atoms with Gasteiger partial charge in [-0.3, -0.25) is 4.79 Å². The summed E-state index contributed by atoms with van der Waals surface area (Å²) < 4.78 is 30.8. The lowest BCUT2D eigenvalue weighted by atomic mass is 10.2. The van der Waals surface area contributed by atoms with Gasteiger partial charge in [0.2, 0.25) is 15.9 Å². The Hall–Kier alpha value is -3.24. The lowest BCUT2D eigenvalue weighted by Crippen LogP contribution is -2.23. The third kappa shape index (κ3) is 4.66. The van der Waals surface area contributed by atoms with Crippen molar-refractivity contribution in [3.05, 3.63) is 60.0 Å². The van der Waals surface area contributed by atoms with Crippen LogP contribution in [0.3, 0.4) is 0 Å². The standard InChI is InChI=1S/C20H23N5O4S/c1-24(2)16-9-5-14(6-10-16)13-21-18(26)20-23-22-19(29-20)15-7-11-17(12-8-15)30(27,28)25(3)4/h5-12H,13H2,1-4H3,(H,21,26). The maximum Gasteiger partial charge on any atom is 0.309 e. The number of rotatable bonds is 7. The Morgan fingerprint density at radius 3 is 2.17 bits per heavy atom. The first kappa shape index (κ1) is 21.5. The number of aromatic nitrogens is 2.